The second-order valence-electron chi connectivity index (χ2n) is 8.54. The summed E-state index contributed by atoms with van der Waals surface area (Å²) < 4.78 is 12.7. The molecule has 0 saturated heterocycles. The van der Waals surface area contributed by atoms with Gasteiger partial charge in [0, 0.05) is 11.8 Å². The highest BCUT2D eigenvalue weighted by atomic mass is 28.4. The lowest BCUT2D eigenvalue weighted by atomic mass is 9.81. The van der Waals surface area contributed by atoms with E-state index in [4.69, 9.17) is 8.85 Å². The minimum atomic E-state index is -1.68. The minimum Gasteiger partial charge on any atom is -0.415 e. The number of carbonyl (C=O) groups excluding carboxylic acids is 1. The normalized spacial score (nSPS) is 14.8. The van der Waals surface area contributed by atoms with Crippen LogP contribution in [-0.4, -0.2) is 35.1 Å². The van der Waals surface area contributed by atoms with Gasteiger partial charge in [-0.05, 0) is 51.1 Å². The average Bonchev–Trinajstić information content (AvgIpc) is 2.44. The Kier molecular flexibility index (Phi) is 9.50. The highest BCUT2D eigenvalue weighted by Gasteiger charge is 2.34. The first-order valence-electron chi connectivity index (χ1n) is 9.24. The smallest absolute Gasteiger partial charge is 0.187 e. The van der Waals surface area contributed by atoms with E-state index in [0.29, 0.717) is 18.8 Å². The Morgan fingerprint density at radius 1 is 1.00 bits per heavy atom. The fraction of sp³-hybridized carbons (Fsp3) is 0.944. The Balaban J connectivity index is 5.01. The molecule has 0 aliphatic rings. The summed E-state index contributed by atoms with van der Waals surface area (Å²) in [7, 11) is -3.27. The van der Waals surface area contributed by atoms with Crippen LogP contribution in [0, 0.1) is 5.41 Å². The van der Waals surface area contributed by atoms with Crippen molar-refractivity contribution in [3.05, 3.63) is 0 Å². The summed E-state index contributed by atoms with van der Waals surface area (Å²) in [5.74, 6) is 0.344. The molecule has 0 amide bonds. The van der Waals surface area contributed by atoms with Gasteiger partial charge in [-0.25, -0.2) is 0 Å². The third-order valence-electron chi connectivity index (χ3n) is 4.82. The van der Waals surface area contributed by atoms with Gasteiger partial charge in [0.1, 0.15) is 5.78 Å². The number of Topliss-reactive ketones (excluding diaryl/α,β-unsaturated/α-hetero) is 1. The summed E-state index contributed by atoms with van der Waals surface area (Å²) in [6, 6.07) is 2.19. The van der Waals surface area contributed by atoms with Gasteiger partial charge in [0.2, 0.25) is 0 Å². The summed E-state index contributed by atoms with van der Waals surface area (Å²) in [4.78, 5) is 12.4. The first-order valence-corrected chi connectivity index (χ1v) is 15.5. The van der Waals surface area contributed by atoms with Crippen LogP contribution < -0.4 is 0 Å². The van der Waals surface area contributed by atoms with Crippen molar-refractivity contribution in [1.82, 2.24) is 0 Å². The minimum absolute atomic E-state index is 0.0331. The van der Waals surface area contributed by atoms with Crippen LogP contribution in [0.4, 0.5) is 0 Å². The second kappa shape index (κ2) is 9.49. The molecule has 0 fully saturated rings. The van der Waals surface area contributed by atoms with E-state index in [2.05, 4.69) is 60.8 Å². The van der Waals surface area contributed by atoms with Crippen molar-refractivity contribution in [3.8, 4) is 0 Å². The molecular formula is C18H40O3Si2. The van der Waals surface area contributed by atoms with Gasteiger partial charge in [0.05, 0.1) is 12.7 Å². The first kappa shape index (κ1) is 23.0. The van der Waals surface area contributed by atoms with E-state index < -0.39 is 16.6 Å². The molecule has 0 N–H and O–H groups in total. The number of rotatable bonds is 12. The fourth-order valence-corrected chi connectivity index (χ4v) is 4.40. The Labute approximate surface area is 146 Å². The van der Waals surface area contributed by atoms with Crippen molar-refractivity contribution in [1.29, 1.82) is 0 Å². The zero-order valence-electron chi connectivity index (χ0n) is 17.0. The zero-order chi connectivity index (χ0) is 18.3. The van der Waals surface area contributed by atoms with Crippen molar-refractivity contribution in [2.75, 3.05) is 6.61 Å². The van der Waals surface area contributed by atoms with Crippen molar-refractivity contribution < 1.29 is 13.6 Å². The van der Waals surface area contributed by atoms with E-state index in [-0.39, 0.29) is 11.5 Å². The monoisotopic (exact) mass is 360 g/mol. The summed E-state index contributed by atoms with van der Waals surface area (Å²) in [5.41, 5.74) is -0.333. The van der Waals surface area contributed by atoms with Gasteiger partial charge >= 0.3 is 0 Å². The van der Waals surface area contributed by atoms with Gasteiger partial charge in [-0.3, -0.25) is 4.79 Å². The lowest BCUT2D eigenvalue weighted by molar-refractivity contribution is -0.128. The maximum atomic E-state index is 12.4. The highest BCUT2D eigenvalue weighted by molar-refractivity contribution is 6.71. The Morgan fingerprint density at radius 2 is 1.52 bits per heavy atom. The third-order valence-corrected chi connectivity index (χ3v) is 10.1. The van der Waals surface area contributed by atoms with E-state index in [1.807, 2.05) is 0 Å². The molecular weight excluding hydrogens is 320 g/mol. The van der Waals surface area contributed by atoms with Gasteiger partial charge in [0.15, 0.2) is 16.6 Å². The first-order chi connectivity index (χ1) is 10.4. The van der Waals surface area contributed by atoms with Crippen LogP contribution in [0.3, 0.4) is 0 Å². The third kappa shape index (κ3) is 9.17. The van der Waals surface area contributed by atoms with Crippen LogP contribution >= 0.6 is 0 Å². The molecule has 138 valence electrons. The quantitative estimate of drug-likeness (QED) is 0.423. The largest absolute Gasteiger partial charge is 0.415 e. The van der Waals surface area contributed by atoms with Gasteiger partial charge in [-0.2, -0.15) is 0 Å². The number of hydrogen-bond donors (Lipinski definition) is 0. The molecule has 0 saturated carbocycles. The summed E-state index contributed by atoms with van der Waals surface area (Å²) in [6.07, 6.45) is 2.36. The van der Waals surface area contributed by atoms with Crippen LogP contribution in [0.2, 0.25) is 38.3 Å². The Bertz CT molecular complexity index is 365. The second-order valence-corrected chi connectivity index (χ2v) is 17.5. The number of ketones is 1. The molecule has 0 aromatic heterocycles. The van der Waals surface area contributed by atoms with Crippen molar-refractivity contribution in [3.63, 3.8) is 0 Å². The number of carbonyl (C=O) groups is 1. The predicted molar refractivity (Wildman–Crippen MR) is 105 cm³/mol. The molecule has 0 aliphatic heterocycles. The maximum Gasteiger partial charge on any atom is 0.187 e. The summed E-state index contributed by atoms with van der Waals surface area (Å²) in [6.45, 7) is 20.2. The summed E-state index contributed by atoms with van der Waals surface area (Å²) >= 11 is 0. The topological polar surface area (TPSA) is 35.5 Å². The molecule has 0 aliphatic carbocycles. The zero-order valence-corrected chi connectivity index (χ0v) is 19.0. The van der Waals surface area contributed by atoms with Crippen LogP contribution in [0.5, 0.6) is 0 Å². The predicted octanol–water partition coefficient (Wildman–Crippen LogP) is 5.62. The van der Waals surface area contributed by atoms with E-state index in [9.17, 15) is 4.79 Å². The standard InChI is InChI=1S/C18H40O3Si2/c1-10-13-17(19)18(4,5)14-16(21-23(8,9)12-3)15-20-22(6,7)11-2/h16H,10-15H2,1-9H3/t16-/m0/s1. The molecule has 0 heterocycles. The molecule has 0 bridgehead atoms. The molecule has 23 heavy (non-hydrogen) atoms. The molecule has 0 radical (unpaired) electrons. The van der Waals surface area contributed by atoms with Crippen LogP contribution in [-0.2, 0) is 13.6 Å². The Hall–Kier alpha value is 0.0238. The van der Waals surface area contributed by atoms with E-state index in [1.165, 1.54) is 0 Å². The van der Waals surface area contributed by atoms with Crippen LogP contribution in [0.15, 0.2) is 0 Å². The van der Waals surface area contributed by atoms with Gasteiger partial charge < -0.3 is 8.85 Å². The van der Waals surface area contributed by atoms with Gasteiger partial charge in [-0.1, -0.05) is 34.6 Å². The van der Waals surface area contributed by atoms with E-state index in [1.54, 1.807) is 0 Å². The fourth-order valence-electron chi connectivity index (χ4n) is 2.34. The lowest BCUT2D eigenvalue weighted by Gasteiger charge is -2.35. The average molecular weight is 361 g/mol. The molecule has 3 nitrogen and oxygen atoms in total. The van der Waals surface area contributed by atoms with Crippen molar-refractivity contribution >= 4 is 22.4 Å². The molecule has 1 atom stereocenters. The number of hydrogen-bond acceptors (Lipinski definition) is 3. The van der Waals surface area contributed by atoms with Crippen molar-refractivity contribution in [2.24, 2.45) is 5.41 Å². The molecule has 0 aromatic carbocycles. The van der Waals surface area contributed by atoms with Gasteiger partial charge in [-0.15, -0.1) is 0 Å². The maximum absolute atomic E-state index is 12.4. The van der Waals surface area contributed by atoms with Gasteiger partial charge in [0.25, 0.3) is 0 Å². The lowest BCUT2D eigenvalue weighted by Crippen LogP contribution is -2.43. The van der Waals surface area contributed by atoms with Crippen LogP contribution in [0.1, 0.15) is 53.9 Å². The molecule has 0 aromatic rings. The Morgan fingerprint density at radius 3 is 1.96 bits per heavy atom. The SMILES string of the molecule is CCCC(=O)C(C)(C)C[C@@H](CO[Si](C)(C)CC)O[Si](C)(C)CC. The molecule has 0 spiro atoms. The van der Waals surface area contributed by atoms with Crippen molar-refractivity contribution in [2.45, 2.75) is 98.3 Å². The molecule has 5 heteroatoms. The summed E-state index contributed by atoms with van der Waals surface area (Å²) in [5, 5.41) is 0. The van der Waals surface area contributed by atoms with E-state index >= 15 is 0 Å². The highest BCUT2D eigenvalue weighted by Crippen LogP contribution is 2.29. The molecule has 0 rings (SSSR count). The molecule has 0 unspecified atom stereocenters. The van der Waals surface area contributed by atoms with Crippen LogP contribution in [0.25, 0.3) is 0 Å². The van der Waals surface area contributed by atoms with E-state index in [0.717, 1.165) is 24.9 Å².